The zero-order chi connectivity index (χ0) is 19.5. The lowest BCUT2D eigenvalue weighted by Crippen LogP contribution is -2.37. The van der Waals surface area contributed by atoms with Crippen LogP contribution in [0.2, 0.25) is 0 Å². The van der Waals surface area contributed by atoms with Gasteiger partial charge in [0.2, 0.25) is 0 Å². The molecular formula is C19H30F2IN3O3. The number of nitrogens with one attached hydrogen (secondary N) is 2. The molecule has 160 valence electrons. The summed E-state index contributed by atoms with van der Waals surface area (Å²) in [5.74, 6) is 1.78. The molecule has 2 N–H and O–H groups in total. The Hall–Kier alpha value is -1.36. The summed E-state index contributed by atoms with van der Waals surface area (Å²) in [4.78, 5) is 4.17. The van der Waals surface area contributed by atoms with Crippen LogP contribution in [0.4, 0.5) is 8.78 Å². The lowest BCUT2D eigenvalue weighted by Gasteiger charge is -2.15. The number of guanidine groups is 1. The van der Waals surface area contributed by atoms with Crippen molar-refractivity contribution in [1.29, 1.82) is 0 Å². The second-order valence-corrected chi connectivity index (χ2v) is 6.32. The number of hydrogen-bond acceptors (Lipinski definition) is 4. The average Bonchev–Trinajstić information content (AvgIpc) is 3.46. The van der Waals surface area contributed by atoms with E-state index in [1.165, 1.54) is 18.9 Å². The Morgan fingerprint density at radius 3 is 2.68 bits per heavy atom. The highest BCUT2D eigenvalue weighted by molar-refractivity contribution is 14.0. The van der Waals surface area contributed by atoms with Crippen molar-refractivity contribution in [2.24, 2.45) is 10.9 Å². The zero-order valence-electron chi connectivity index (χ0n) is 16.4. The molecule has 0 aromatic heterocycles. The highest BCUT2D eigenvalue weighted by Gasteiger charge is 2.20. The van der Waals surface area contributed by atoms with Crippen molar-refractivity contribution in [1.82, 2.24) is 10.6 Å². The van der Waals surface area contributed by atoms with Gasteiger partial charge in [0.05, 0.1) is 6.61 Å². The number of hydrogen-bond donors (Lipinski definition) is 2. The Bertz CT molecular complexity index is 602. The minimum absolute atomic E-state index is 0. The third-order valence-corrected chi connectivity index (χ3v) is 4.02. The minimum Gasteiger partial charge on any atom is -0.490 e. The van der Waals surface area contributed by atoms with Gasteiger partial charge >= 0.3 is 6.61 Å². The molecule has 2 rings (SSSR count). The van der Waals surface area contributed by atoms with E-state index >= 15 is 0 Å². The highest BCUT2D eigenvalue weighted by atomic mass is 127. The van der Waals surface area contributed by atoms with Crippen LogP contribution >= 0.6 is 24.0 Å². The lowest BCUT2D eigenvalue weighted by molar-refractivity contribution is -0.0514. The van der Waals surface area contributed by atoms with E-state index in [0.29, 0.717) is 24.9 Å². The molecule has 0 unspecified atom stereocenters. The summed E-state index contributed by atoms with van der Waals surface area (Å²) in [6.07, 6.45) is 3.51. The predicted molar refractivity (Wildman–Crippen MR) is 116 cm³/mol. The molecule has 0 saturated heterocycles. The molecule has 1 aromatic carbocycles. The predicted octanol–water partition coefficient (Wildman–Crippen LogP) is 3.79. The summed E-state index contributed by atoms with van der Waals surface area (Å²) in [5.41, 5.74) is 0.871. The number of ether oxygens (including phenoxy) is 3. The Morgan fingerprint density at radius 1 is 1.25 bits per heavy atom. The summed E-state index contributed by atoms with van der Waals surface area (Å²) in [5, 5.41) is 6.41. The van der Waals surface area contributed by atoms with Crippen molar-refractivity contribution in [3.8, 4) is 11.5 Å². The van der Waals surface area contributed by atoms with Gasteiger partial charge in [-0.05, 0) is 49.8 Å². The maximum atomic E-state index is 12.5. The van der Waals surface area contributed by atoms with Crippen LogP contribution in [-0.4, -0.2) is 46.0 Å². The smallest absolute Gasteiger partial charge is 0.387 e. The molecule has 0 spiro atoms. The standard InChI is InChI=1S/C19H29F2N3O3.HI/c1-3-26-17-11-15(7-8-16(17)27-18(20)21)12-24-19(22-2)23-9-4-10-25-13-14-5-6-14;/h7-8,11,14,18H,3-6,9-10,12-13H2,1-2H3,(H2,22,23,24);1H. The van der Waals surface area contributed by atoms with Crippen LogP contribution in [0.25, 0.3) is 0 Å². The number of aliphatic imine (C=N–C) groups is 1. The van der Waals surface area contributed by atoms with Crippen molar-refractivity contribution >= 4 is 29.9 Å². The van der Waals surface area contributed by atoms with Gasteiger partial charge in [0.15, 0.2) is 17.5 Å². The van der Waals surface area contributed by atoms with E-state index in [4.69, 9.17) is 9.47 Å². The molecule has 0 heterocycles. The molecule has 1 aliphatic carbocycles. The molecular weight excluding hydrogens is 483 g/mol. The van der Waals surface area contributed by atoms with Crippen LogP contribution in [0.15, 0.2) is 23.2 Å². The second kappa shape index (κ2) is 13.8. The SMILES string of the molecule is CCOc1cc(CNC(=NC)NCCCOCC2CC2)ccc1OC(F)F.I. The van der Waals surface area contributed by atoms with E-state index in [0.717, 1.165) is 37.7 Å². The summed E-state index contributed by atoms with van der Waals surface area (Å²) >= 11 is 0. The highest BCUT2D eigenvalue weighted by Crippen LogP contribution is 2.30. The number of nitrogens with zero attached hydrogens (tertiary/aromatic N) is 1. The summed E-state index contributed by atoms with van der Waals surface area (Å²) in [6.45, 7) is 2.12. The summed E-state index contributed by atoms with van der Waals surface area (Å²) < 4.78 is 40.4. The van der Waals surface area contributed by atoms with E-state index in [1.54, 1.807) is 26.1 Å². The first-order chi connectivity index (χ1) is 13.1. The van der Waals surface area contributed by atoms with Gasteiger partial charge in [-0.15, -0.1) is 24.0 Å². The molecule has 6 nitrogen and oxygen atoms in total. The van der Waals surface area contributed by atoms with E-state index in [1.807, 2.05) is 0 Å². The largest absolute Gasteiger partial charge is 0.490 e. The first-order valence-electron chi connectivity index (χ1n) is 9.35. The first kappa shape index (κ1) is 24.7. The number of benzene rings is 1. The molecule has 9 heteroatoms. The molecule has 1 aliphatic rings. The quantitative estimate of drug-likeness (QED) is 0.193. The minimum atomic E-state index is -2.88. The van der Waals surface area contributed by atoms with Crippen molar-refractivity contribution in [2.75, 3.05) is 33.4 Å². The van der Waals surface area contributed by atoms with E-state index in [-0.39, 0.29) is 29.7 Å². The van der Waals surface area contributed by atoms with Crippen molar-refractivity contribution in [3.63, 3.8) is 0 Å². The molecule has 0 radical (unpaired) electrons. The van der Waals surface area contributed by atoms with Gasteiger partial charge in [0.25, 0.3) is 0 Å². The third-order valence-electron chi connectivity index (χ3n) is 4.02. The van der Waals surface area contributed by atoms with Gasteiger partial charge in [-0.25, -0.2) is 0 Å². The maximum Gasteiger partial charge on any atom is 0.387 e. The van der Waals surface area contributed by atoms with Crippen molar-refractivity contribution < 1.29 is 23.0 Å². The van der Waals surface area contributed by atoms with Crippen LogP contribution in [0.5, 0.6) is 11.5 Å². The monoisotopic (exact) mass is 513 g/mol. The Balaban J connectivity index is 0.00000392. The van der Waals surface area contributed by atoms with E-state index < -0.39 is 6.61 Å². The van der Waals surface area contributed by atoms with E-state index in [9.17, 15) is 8.78 Å². The van der Waals surface area contributed by atoms with Gasteiger partial charge in [-0.2, -0.15) is 8.78 Å². The lowest BCUT2D eigenvalue weighted by atomic mass is 10.2. The fourth-order valence-electron chi connectivity index (χ4n) is 2.45. The molecule has 0 amide bonds. The van der Waals surface area contributed by atoms with Gasteiger partial charge in [0, 0.05) is 33.4 Å². The maximum absolute atomic E-state index is 12.5. The fraction of sp³-hybridized carbons (Fsp3) is 0.632. The Kier molecular flexibility index (Phi) is 12.1. The average molecular weight is 513 g/mol. The Morgan fingerprint density at radius 2 is 2.04 bits per heavy atom. The van der Waals surface area contributed by atoms with Gasteiger partial charge in [-0.1, -0.05) is 6.07 Å². The topological polar surface area (TPSA) is 64.1 Å². The first-order valence-corrected chi connectivity index (χ1v) is 9.35. The number of halogens is 3. The summed E-state index contributed by atoms with van der Waals surface area (Å²) in [6, 6.07) is 4.89. The van der Waals surface area contributed by atoms with Crippen molar-refractivity contribution in [3.05, 3.63) is 23.8 Å². The fourth-order valence-corrected chi connectivity index (χ4v) is 2.45. The zero-order valence-corrected chi connectivity index (χ0v) is 18.7. The molecule has 0 atom stereocenters. The number of rotatable bonds is 12. The Labute approximate surface area is 182 Å². The molecule has 1 fully saturated rings. The second-order valence-electron chi connectivity index (χ2n) is 6.32. The molecule has 1 aromatic rings. The van der Waals surface area contributed by atoms with Crippen LogP contribution in [0.1, 0.15) is 31.7 Å². The van der Waals surface area contributed by atoms with Crippen LogP contribution in [0, 0.1) is 5.92 Å². The molecule has 28 heavy (non-hydrogen) atoms. The molecule has 0 aliphatic heterocycles. The molecule has 0 bridgehead atoms. The van der Waals surface area contributed by atoms with Gasteiger partial charge in [-0.3, -0.25) is 4.99 Å². The van der Waals surface area contributed by atoms with Crippen LogP contribution < -0.4 is 20.1 Å². The molecule has 1 saturated carbocycles. The number of alkyl halides is 2. The van der Waals surface area contributed by atoms with Crippen LogP contribution in [0.3, 0.4) is 0 Å². The summed E-state index contributed by atoms with van der Waals surface area (Å²) in [7, 11) is 1.70. The third kappa shape index (κ3) is 9.72. The van der Waals surface area contributed by atoms with Gasteiger partial charge in [0.1, 0.15) is 0 Å². The van der Waals surface area contributed by atoms with Crippen molar-refractivity contribution in [2.45, 2.75) is 39.3 Å². The normalized spacial score (nSPS) is 13.8. The van der Waals surface area contributed by atoms with Gasteiger partial charge < -0.3 is 24.8 Å². The van der Waals surface area contributed by atoms with E-state index in [2.05, 4.69) is 20.4 Å². The van der Waals surface area contributed by atoms with Crippen LogP contribution in [-0.2, 0) is 11.3 Å².